The van der Waals surface area contributed by atoms with Crippen LogP contribution < -0.4 is 4.74 Å². The van der Waals surface area contributed by atoms with Crippen LogP contribution in [0.15, 0.2) is 103 Å². The number of nitrogens with zero attached hydrogens (tertiary/aromatic N) is 2. The lowest BCUT2D eigenvalue weighted by Crippen LogP contribution is -2.37. The van der Waals surface area contributed by atoms with Gasteiger partial charge in [-0.3, -0.25) is 0 Å². The maximum Gasteiger partial charge on any atom is 0.127 e. The molecule has 0 amide bonds. The number of ether oxygens (including phenoxy) is 1. The van der Waals surface area contributed by atoms with E-state index in [0.29, 0.717) is 0 Å². The Morgan fingerprint density at radius 1 is 0.500 bits per heavy atom. The van der Waals surface area contributed by atoms with Crippen LogP contribution in [0.2, 0.25) is 0 Å². The highest BCUT2D eigenvalue weighted by atomic mass is 16.5. The van der Waals surface area contributed by atoms with Crippen LogP contribution in [0, 0.1) is 0 Å². The Hall–Kier alpha value is -3.40. The van der Waals surface area contributed by atoms with Gasteiger partial charge in [0.1, 0.15) is 31.9 Å². The first-order valence-corrected chi connectivity index (χ1v) is 12.7. The minimum atomic E-state index is 0.887. The molecule has 36 heavy (non-hydrogen) atoms. The van der Waals surface area contributed by atoms with Crippen LogP contribution in [0.5, 0.6) is 5.75 Å². The van der Waals surface area contributed by atoms with Crippen molar-refractivity contribution in [1.29, 1.82) is 0 Å². The van der Waals surface area contributed by atoms with Crippen LogP contribution in [0.1, 0.15) is 22.3 Å². The molecule has 0 aliphatic carbocycles. The van der Waals surface area contributed by atoms with Crippen molar-refractivity contribution < 1.29 is 13.7 Å². The Bertz CT molecular complexity index is 1250. The molecule has 4 aromatic carbocycles. The van der Waals surface area contributed by atoms with Crippen molar-refractivity contribution in [1.82, 2.24) is 0 Å². The average Bonchev–Trinajstić information content (AvgIpc) is 2.84. The second-order valence-electron chi connectivity index (χ2n) is 11.2. The van der Waals surface area contributed by atoms with Crippen LogP contribution in [-0.4, -0.2) is 44.3 Å². The summed E-state index contributed by atoms with van der Waals surface area (Å²) in [4.78, 5) is 0. The Kier molecular flexibility index (Phi) is 7.93. The maximum absolute atomic E-state index is 5.84. The summed E-state index contributed by atoms with van der Waals surface area (Å²) in [5.74, 6) is 0.931. The third kappa shape index (κ3) is 7.07. The molecule has 0 atom stereocenters. The van der Waals surface area contributed by atoms with Crippen molar-refractivity contribution in [2.75, 3.05) is 35.3 Å². The van der Waals surface area contributed by atoms with Gasteiger partial charge in [0.2, 0.25) is 0 Å². The highest BCUT2D eigenvalue weighted by molar-refractivity contribution is 5.71. The lowest BCUT2D eigenvalue weighted by atomic mass is 10.0. The fourth-order valence-electron chi connectivity index (χ4n) is 5.12. The normalized spacial score (nSPS) is 11.9. The predicted molar refractivity (Wildman–Crippen MR) is 150 cm³/mol. The van der Waals surface area contributed by atoms with Crippen molar-refractivity contribution in [3.05, 3.63) is 125 Å². The van der Waals surface area contributed by atoms with Gasteiger partial charge in [-0.1, -0.05) is 97.1 Å². The van der Waals surface area contributed by atoms with Gasteiger partial charge in [-0.25, -0.2) is 0 Å². The van der Waals surface area contributed by atoms with E-state index >= 15 is 0 Å². The molecule has 0 radical (unpaired) electrons. The third-order valence-electron chi connectivity index (χ3n) is 6.66. The number of benzene rings is 4. The Morgan fingerprint density at radius 2 is 0.917 bits per heavy atom. The Morgan fingerprint density at radius 3 is 1.39 bits per heavy atom. The molecule has 0 aliphatic rings. The molecule has 0 unspecified atom stereocenters. The minimum Gasteiger partial charge on any atom is -0.496 e. The molecule has 0 saturated heterocycles. The number of rotatable bonds is 10. The van der Waals surface area contributed by atoms with Gasteiger partial charge in [-0.05, 0) is 11.6 Å². The van der Waals surface area contributed by atoms with Crippen molar-refractivity contribution in [2.45, 2.75) is 26.2 Å². The molecule has 0 aliphatic heterocycles. The Balaban J connectivity index is 1.45. The van der Waals surface area contributed by atoms with E-state index in [-0.39, 0.29) is 0 Å². The third-order valence-corrected chi connectivity index (χ3v) is 6.66. The summed E-state index contributed by atoms with van der Waals surface area (Å²) in [5.41, 5.74) is 7.68. The van der Waals surface area contributed by atoms with Crippen molar-refractivity contribution in [3.8, 4) is 16.9 Å². The summed E-state index contributed by atoms with van der Waals surface area (Å²) < 4.78 is 7.64. The van der Waals surface area contributed by atoms with Crippen LogP contribution in [0.25, 0.3) is 11.1 Å². The van der Waals surface area contributed by atoms with Gasteiger partial charge < -0.3 is 13.7 Å². The smallest absolute Gasteiger partial charge is 0.127 e. The largest absolute Gasteiger partial charge is 0.496 e. The number of hydrogen-bond acceptors (Lipinski definition) is 1. The van der Waals surface area contributed by atoms with Crippen LogP contribution in [-0.2, 0) is 26.2 Å². The minimum absolute atomic E-state index is 0.887. The zero-order chi connectivity index (χ0) is 25.6. The summed E-state index contributed by atoms with van der Waals surface area (Å²) in [6.45, 7) is 3.93. The van der Waals surface area contributed by atoms with E-state index in [2.05, 4.69) is 131 Å². The van der Waals surface area contributed by atoms with Gasteiger partial charge in [0.05, 0.1) is 35.3 Å². The quantitative estimate of drug-likeness (QED) is 0.224. The molecule has 0 aromatic heterocycles. The molecule has 0 spiro atoms. The van der Waals surface area contributed by atoms with Crippen LogP contribution >= 0.6 is 0 Å². The zero-order valence-corrected chi connectivity index (χ0v) is 22.4. The molecule has 4 rings (SSSR count). The SMILES string of the molecule is COc1cc(C[N+](C)(C)Cc2ccccc2)ccc1-c1ccc(C[N+](C)(C)Cc2ccccc2)cc1. The van der Waals surface area contributed by atoms with E-state index in [1.807, 2.05) is 0 Å². The van der Waals surface area contributed by atoms with Crippen molar-refractivity contribution in [3.63, 3.8) is 0 Å². The molecule has 4 aromatic rings. The van der Waals surface area contributed by atoms with Gasteiger partial charge in [0.25, 0.3) is 0 Å². The molecule has 3 heteroatoms. The molecule has 0 saturated carbocycles. The molecule has 0 heterocycles. The van der Waals surface area contributed by atoms with E-state index in [1.54, 1.807) is 7.11 Å². The van der Waals surface area contributed by atoms with Gasteiger partial charge in [0, 0.05) is 27.8 Å². The summed E-state index contributed by atoms with van der Waals surface area (Å²) in [7, 11) is 10.9. The second kappa shape index (κ2) is 11.1. The standard InChI is InChI=1S/C33H40N2O/c1-34(2,23-27-12-8-6-9-13-27)25-29-16-19-31(20-17-29)32-21-18-30(22-33(32)36-5)26-35(3,4)24-28-14-10-7-11-15-28/h6-22H,23-26H2,1-5H3/q+2. The number of hydrogen-bond donors (Lipinski definition) is 0. The average molecular weight is 481 g/mol. The molecule has 186 valence electrons. The van der Waals surface area contributed by atoms with Gasteiger partial charge >= 0.3 is 0 Å². The first-order valence-electron chi connectivity index (χ1n) is 12.7. The van der Waals surface area contributed by atoms with Gasteiger partial charge in [-0.2, -0.15) is 0 Å². The zero-order valence-electron chi connectivity index (χ0n) is 22.4. The number of methoxy groups -OCH3 is 1. The lowest BCUT2D eigenvalue weighted by molar-refractivity contribution is -0.916. The highest BCUT2D eigenvalue weighted by Crippen LogP contribution is 2.32. The summed E-state index contributed by atoms with van der Waals surface area (Å²) >= 11 is 0. The molecule has 0 N–H and O–H groups in total. The van der Waals surface area contributed by atoms with E-state index in [4.69, 9.17) is 4.74 Å². The summed E-state index contributed by atoms with van der Waals surface area (Å²) in [6.07, 6.45) is 0. The Labute approximate surface area is 217 Å². The van der Waals surface area contributed by atoms with E-state index in [1.165, 1.54) is 27.8 Å². The van der Waals surface area contributed by atoms with E-state index in [0.717, 1.165) is 46.5 Å². The van der Waals surface area contributed by atoms with E-state index in [9.17, 15) is 0 Å². The highest BCUT2D eigenvalue weighted by Gasteiger charge is 2.19. The lowest BCUT2D eigenvalue weighted by Gasteiger charge is -2.30. The molecular formula is C33H40N2O+2. The summed E-state index contributed by atoms with van der Waals surface area (Å²) in [5, 5.41) is 0. The van der Waals surface area contributed by atoms with Crippen LogP contribution in [0.4, 0.5) is 0 Å². The number of quaternary nitrogens is 2. The molecular weight excluding hydrogens is 440 g/mol. The molecule has 0 bridgehead atoms. The van der Waals surface area contributed by atoms with Crippen LogP contribution in [0.3, 0.4) is 0 Å². The fraction of sp³-hybridized carbons (Fsp3) is 0.273. The fourth-order valence-corrected chi connectivity index (χ4v) is 5.12. The van der Waals surface area contributed by atoms with E-state index < -0.39 is 0 Å². The first kappa shape index (κ1) is 25.7. The first-order chi connectivity index (χ1) is 17.2. The van der Waals surface area contributed by atoms with Crippen molar-refractivity contribution >= 4 is 0 Å². The molecule has 3 nitrogen and oxygen atoms in total. The second-order valence-corrected chi connectivity index (χ2v) is 11.2. The predicted octanol–water partition coefficient (Wildman–Crippen LogP) is 6.92. The van der Waals surface area contributed by atoms with Gasteiger partial charge in [-0.15, -0.1) is 0 Å². The monoisotopic (exact) mass is 480 g/mol. The van der Waals surface area contributed by atoms with Gasteiger partial charge in [0.15, 0.2) is 0 Å². The topological polar surface area (TPSA) is 9.23 Å². The maximum atomic E-state index is 5.84. The summed E-state index contributed by atoms with van der Waals surface area (Å²) in [6, 6.07) is 37.1. The van der Waals surface area contributed by atoms with Crippen molar-refractivity contribution in [2.24, 2.45) is 0 Å². The molecule has 0 fully saturated rings.